The molecule has 0 amide bonds. The third-order valence-corrected chi connectivity index (χ3v) is 16.9. The van der Waals surface area contributed by atoms with E-state index in [4.69, 9.17) is 51.5 Å². The van der Waals surface area contributed by atoms with E-state index in [2.05, 4.69) is 96.5 Å². The Bertz CT molecular complexity index is 750. The van der Waals surface area contributed by atoms with E-state index < -0.39 is 36.4 Å². The number of rotatable bonds is 36. The van der Waals surface area contributed by atoms with E-state index >= 15 is 0 Å². The van der Waals surface area contributed by atoms with E-state index in [1.807, 2.05) is 0 Å². The molecule has 0 rings (SSSR count). The van der Waals surface area contributed by atoms with Gasteiger partial charge in [0.05, 0.1) is 15.7 Å². The minimum absolute atomic E-state index is 0.480. The lowest BCUT2D eigenvalue weighted by Gasteiger charge is -2.39. The topological polar surface area (TPSA) is 44.8 Å². The predicted molar refractivity (Wildman–Crippen MR) is 253 cm³/mol. The van der Waals surface area contributed by atoms with Gasteiger partial charge < -0.3 is 0 Å². The zero-order valence-corrected chi connectivity index (χ0v) is 40.4. The summed E-state index contributed by atoms with van der Waals surface area (Å²) in [6, 6.07) is 0. The van der Waals surface area contributed by atoms with E-state index in [0.717, 1.165) is 57.8 Å². The van der Waals surface area contributed by atoms with Gasteiger partial charge in [0.15, 0.2) is 12.8 Å². The first-order chi connectivity index (χ1) is 23.6. The number of unbranched alkanes of at least 4 members (excludes halogenated alkanes) is 21. The molecule has 0 aromatic carbocycles. The maximum atomic E-state index is 14.6. The molecule has 0 heterocycles. The highest BCUT2D eigenvalue weighted by Gasteiger charge is 2.50. The highest BCUT2D eigenvalue weighted by atomic mass is 32.2. The number of phosphoric acid groups is 1. The molecule has 0 aliphatic heterocycles. The fraction of sp³-hybridized carbons (Fsp3) is 1.00. The summed E-state index contributed by atoms with van der Waals surface area (Å²) in [7, 11) is -4.53. The second-order valence-electron chi connectivity index (χ2n) is 14.0. The summed E-state index contributed by atoms with van der Waals surface area (Å²) in [4.78, 5) is 0. The molecular weight excluding hydrogens is 816 g/mol. The van der Waals surface area contributed by atoms with Gasteiger partial charge in [-0.25, -0.2) is 4.57 Å². The summed E-state index contributed by atoms with van der Waals surface area (Å²) >= 11 is 42.4. The van der Waals surface area contributed by atoms with Gasteiger partial charge in [0, 0.05) is 0 Å². The normalized spacial score (nSPS) is 16.0. The van der Waals surface area contributed by atoms with E-state index in [-0.39, 0.29) is 0 Å². The summed E-state index contributed by atoms with van der Waals surface area (Å²) in [5, 5.41) is -1.44. The van der Waals surface area contributed by atoms with Gasteiger partial charge in [-0.3, -0.25) is 13.6 Å². The SMILES string of the molecule is CCCCCCCCCCC(S)C(S)(S)OP(=O)(OC(S)(S)C(S)CCCCCCCCCC)OC(S)(S)C(S)CCCCCCCCCC. The first kappa shape index (κ1) is 53.3. The third-order valence-electron chi connectivity index (χ3n) is 9.03. The van der Waals surface area contributed by atoms with Crippen molar-refractivity contribution in [1.82, 2.24) is 0 Å². The molecule has 0 aliphatic carbocycles. The average molecular weight is 892 g/mol. The Morgan fingerprint density at radius 1 is 0.380 bits per heavy atom. The van der Waals surface area contributed by atoms with Crippen LogP contribution < -0.4 is 0 Å². The molecule has 0 saturated carbocycles. The summed E-state index contributed by atoms with van der Waals surface area (Å²) in [6.45, 7) is 6.69. The van der Waals surface area contributed by atoms with Crippen molar-refractivity contribution in [3.05, 3.63) is 0 Å². The van der Waals surface area contributed by atoms with Crippen molar-refractivity contribution >= 4 is 121 Å². The van der Waals surface area contributed by atoms with Crippen LogP contribution in [0.4, 0.5) is 0 Å². The van der Waals surface area contributed by atoms with Crippen molar-refractivity contribution in [3.63, 3.8) is 0 Å². The Morgan fingerprint density at radius 2 is 0.560 bits per heavy atom. The molecule has 3 unspecified atom stereocenters. The molecule has 50 heavy (non-hydrogen) atoms. The van der Waals surface area contributed by atoms with Gasteiger partial charge in [0.2, 0.25) is 0 Å². The largest absolute Gasteiger partial charge is 0.481 e. The van der Waals surface area contributed by atoms with Crippen LogP contribution in [-0.4, -0.2) is 28.5 Å². The molecule has 0 spiro atoms. The Morgan fingerprint density at radius 3 is 0.760 bits per heavy atom. The molecule has 0 fully saturated rings. The molecule has 0 aromatic heterocycles. The maximum Gasteiger partial charge on any atom is 0.481 e. The van der Waals surface area contributed by atoms with E-state index in [1.54, 1.807) is 0 Å². The molecule has 0 saturated heterocycles. The van der Waals surface area contributed by atoms with Crippen molar-refractivity contribution in [3.8, 4) is 0 Å². The summed E-state index contributed by atoms with van der Waals surface area (Å²) < 4.78 is 28.1. The van der Waals surface area contributed by atoms with Crippen LogP contribution in [0.5, 0.6) is 0 Å². The zero-order chi connectivity index (χ0) is 37.9. The molecule has 0 aliphatic rings. The Labute approximate surface area is 359 Å². The molecular formula is C36H75O4PS9. The van der Waals surface area contributed by atoms with Gasteiger partial charge in [-0.2, -0.15) is 37.9 Å². The van der Waals surface area contributed by atoms with E-state index in [0.29, 0.717) is 19.3 Å². The van der Waals surface area contributed by atoms with Crippen LogP contribution in [0.1, 0.15) is 194 Å². The average Bonchev–Trinajstić information content (AvgIpc) is 3.03. The Balaban J connectivity index is 5.48. The van der Waals surface area contributed by atoms with Gasteiger partial charge in [0.25, 0.3) is 0 Å². The standard InChI is InChI=1S/C36H75O4PS9/c1-4-7-10-13-16-19-22-25-28-31(42)34(45,46)38-41(37,39-35(47,48)32(43)29-26-23-20-17-14-11-8-5-2)40-36(49,50)33(44)30-27-24-21-18-15-12-9-6-3/h31-33,42-50H,4-30H2,1-3H3. The summed E-state index contributed by atoms with van der Waals surface area (Å²) in [5.41, 5.74) is 0. The van der Waals surface area contributed by atoms with Gasteiger partial charge in [-0.15, -0.1) is 75.8 Å². The van der Waals surface area contributed by atoms with Crippen molar-refractivity contribution in [2.45, 2.75) is 223 Å². The summed E-state index contributed by atoms with van der Waals surface area (Å²) in [6.07, 6.45) is 30.4. The van der Waals surface area contributed by atoms with Crippen LogP contribution in [0.3, 0.4) is 0 Å². The van der Waals surface area contributed by atoms with Crippen molar-refractivity contribution in [1.29, 1.82) is 0 Å². The van der Waals surface area contributed by atoms with Gasteiger partial charge in [-0.1, -0.05) is 175 Å². The lowest BCUT2D eigenvalue weighted by Crippen LogP contribution is -2.37. The van der Waals surface area contributed by atoms with Crippen LogP contribution in [0.2, 0.25) is 0 Å². The Hall–Kier alpha value is 3.26. The quantitative estimate of drug-likeness (QED) is 0.0136. The lowest BCUT2D eigenvalue weighted by molar-refractivity contribution is 0.0661. The van der Waals surface area contributed by atoms with Crippen LogP contribution in [0.15, 0.2) is 0 Å². The summed E-state index contributed by atoms with van der Waals surface area (Å²) in [5.74, 6) is 0. The molecule has 0 N–H and O–H groups in total. The molecule has 0 radical (unpaired) electrons. The number of phosphoric ester groups is 1. The van der Waals surface area contributed by atoms with Crippen LogP contribution >= 0.6 is 121 Å². The van der Waals surface area contributed by atoms with Crippen molar-refractivity contribution < 1.29 is 18.1 Å². The minimum atomic E-state index is -4.53. The fourth-order valence-corrected chi connectivity index (χ4v) is 10.7. The van der Waals surface area contributed by atoms with Crippen LogP contribution in [-0.2, 0) is 18.1 Å². The molecule has 0 aromatic rings. The minimum Gasteiger partial charge on any atom is -0.258 e. The first-order valence-electron chi connectivity index (χ1n) is 19.7. The monoisotopic (exact) mass is 890 g/mol. The highest BCUT2D eigenvalue weighted by molar-refractivity contribution is 8.03. The smallest absolute Gasteiger partial charge is 0.258 e. The molecule has 4 nitrogen and oxygen atoms in total. The second-order valence-corrected chi connectivity index (χ2v) is 22.4. The van der Waals surface area contributed by atoms with Crippen molar-refractivity contribution in [2.75, 3.05) is 0 Å². The fourth-order valence-electron chi connectivity index (χ4n) is 5.71. The number of hydrogen-bond donors (Lipinski definition) is 9. The maximum absolute atomic E-state index is 14.6. The van der Waals surface area contributed by atoms with Crippen molar-refractivity contribution in [2.24, 2.45) is 0 Å². The molecule has 0 bridgehead atoms. The zero-order valence-electron chi connectivity index (χ0n) is 31.4. The van der Waals surface area contributed by atoms with Gasteiger partial charge >= 0.3 is 7.82 Å². The van der Waals surface area contributed by atoms with Gasteiger partial charge in [0.1, 0.15) is 0 Å². The molecule has 302 valence electrons. The van der Waals surface area contributed by atoms with Crippen LogP contribution in [0, 0.1) is 0 Å². The third kappa shape index (κ3) is 27.0. The van der Waals surface area contributed by atoms with E-state index in [1.165, 1.54) is 96.3 Å². The lowest BCUT2D eigenvalue weighted by atomic mass is 10.1. The van der Waals surface area contributed by atoms with Gasteiger partial charge in [-0.05, 0) is 19.3 Å². The number of hydrogen-bond acceptors (Lipinski definition) is 13. The number of thiol groups is 9. The first-order valence-corrected chi connectivity index (χ1v) is 25.4. The highest BCUT2D eigenvalue weighted by Crippen LogP contribution is 2.64. The Kier molecular flexibility index (Phi) is 33.3. The van der Waals surface area contributed by atoms with E-state index in [9.17, 15) is 4.57 Å². The van der Waals surface area contributed by atoms with Crippen LogP contribution in [0.25, 0.3) is 0 Å². The predicted octanol–water partition coefficient (Wildman–Crippen LogP) is 15.2. The molecule has 14 heteroatoms. The molecule has 3 atom stereocenters. The second kappa shape index (κ2) is 31.3.